The molecule has 0 aliphatic rings. The molecule has 114 valence electrons. The molecule has 0 unspecified atom stereocenters. The highest BCUT2D eigenvalue weighted by Crippen LogP contribution is 2.28. The van der Waals surface area contributed by atoms with Gasteiger partial charge in [-0.1, -0.05) is 36.5 Å². The Morgan fingerprint density at radius 2 is 1.91 bits per heavy atom. The molecule has 0 radical (unpaired) electrons. The number of methoxy groups -OCH3 is 1. The van der Waals surface area contributed by atoms with Gasteiger partial charge in [0, 0.05) is 18.7 Å². The van der Waals surface area contributed by atoms with Crippen LogP contribution in [0.2, 0.25) is 0 Å². The molecule has 22 heavy (non-hydrogen) atoms. The quantitative estimate of drug-likeness (QED) is 0.373. The van der Waals surface area contributed by atoms with Crippen LogP contribution in [-0.2, 0) is 9.53 Å². The van der Waals surface area contributed by atoms with Crippen LogP contribution in [0.1, 0.15) is 5.56 Å². The van der Waals surface area contributed by atoms with Crippen LogP contribution in [-0.4, -0.2) is 41.5 Å². The third-order valence-corrected chi connectivity index (χ3v) is 3.80. The number of thiocarbonyl (C=S) groups is 1. The Balaban J connectivity index is 2.48. The van der Waals surface area contributed by atoms with Crippen molar-refractivity contribution in [2.24, 2.45) is 0 Å². The lowest BCUT2D eigenvalue weighted by atomic mass is 10.0. The molecule has 0 atom stereocenters. The molecule has 0 amide bonds. The molecule has 0 fully saturated rings. The van der Waals surface area contributed by atoms with Gasteiger partial charge in [-0.15, -0.1) is 0 Å². The molecule has 0 N–H and O–H groups in total. The summed E-state index contributed by atoms with van der Waals surface area (Å²) in [5.74, 6) is -0.406. The van der Waals surface area contributed by atoms with Crippen molar-refractivity contribution in [2.75, 3.05) is 20.7 Å². The summed E-state index contributed by atoms with van der Waals surface area (Å²) in [6.07, 6.45) is 0. The predicted octanol–water partition coefficient (Wildman–Crippen LogP) is 2.53. The summed E-state index contributed by atoms with van der Waals surface area (Å²) in [4.78, 5) is 24.0. The van der Waals surface area contributed by atoms with E-state index in [9.17, 15) is 14.9 Å². The van der Waals surface area contributed by atoms with Gasteiger partial charge in [-0.05, 0) is 11.5 Å². The van der Waals surface area contributed by atoms with Crippen molar-refractivity contribution >= 4 is 39.6 Å². The molecular formula is C15H14N2O4S. The van der Waals surface area contributed by atoms with E-state index in [0.29, 0.717) is 21.3 Å². The number of nitro benzene ring substituents is 1. The molecule has 2 aromatic carbocycles. The lowest BCUT2D eigenvalue weighted by Gasteiger charge is -2.19. The maximum atomic E-state index is 11.4. The van der Waals surface area contributed by atoms with Gasteiger partial charge in [0.25, 0.3) is 5.69 Å². The molecule has 0 saturated heterocycles. The molecule has 0 aliphatic heterocycles. The van der Waals surface area contributed by atoms with E-state index in [-0.39, 0.29) is 12.2 Å². The number of nitro groups is 1. The smallest absolute Gasteiger partial charge is 0.325 e. The number of carbonyl (C=O) groups is 1. The zero-order valence-corrected chi connectivity index (χ0v) is 12.9. The second-order valence-electron chi connectivity index (χ2n) is 4.67. The van der Waals surface area contributed by atoms with Gasteiger partial charge in [0.2, 0.25) is 0 Å². The number of rotatable bonds is 4. The Kier molecular flexibility index (Phi) is 4.67. The fraction of sp³-hybridized carbons (Fsp3) is 0.200. The molecule has 0 aliphatic carbocycles. The fourth-order valence-electron chi connectivity index (χ4n) is 2.17. The maximum Gasteiger partial charge on any atom is 0.325 e. The van der Waals surface area contributed by atoms with Gasteiger partial charge in [0.1, 0.15) is 11.5 Å². The lowest BCUT2D eigenvalue weighted by Crippen LogP contribution is -2.32. The zero-order chi connectivity index (χ0) is 16.3. The Morgan fingerprint density at radius 3 is 2.55 bits per heavy atom. The fourth-order valence-corrected chi connectivity index (χ4v) is 2.42. The van der Waals surface area contributed by atoms with Crippen LogP contribution in [0.3, 0.4) is 0 Å². The molecule has 0 aromatic heterocycles. The second-order valence-corrected chi connectivity index (χ2v) is 5.06. The minimum Gasteiger partial charge on any atom is -0.468 e. The van der Waals surface area contributed by atoms with Gasteiger partial charge in [-0.25, -0.2) is 0 Å². The topological polar surface area (TPSA) is 72.7 Å². The Morgan fingerprint density at radius 1 is 1.27 bits per heavy atom. The monoisotopic (exact) mass is 318 g/mol. The van der Waals surface area contributed by atoms with E-state index >= 15 is 0 Å². The van der Waals surface area contributed by atoms with Crippen molar-refractivity contribution in [1.29, 1.82) is 0 Å². The SMILES string of the molecule is COC(=O)CN(C)C(=S)c1cccc2c([N+](=O)[O-])cccc12. The highest BCUT2D eigenvalue weighted by Gasteiger charge is 2.17. The van der Waals surface area contributed by atoms with Gasteiger partial charge < -0.3 is 9.64 Å². The van der Waals surface area contributed by atoms with E-state index in [1.807, 2.05) is 0 Å². The third kappa shape index (κ3) is 3.04. The van der Waals surface area contributed by atoms with Gasteiger partial charge in [0.15, 0.2) is 0 Å². The molecular weight excluding hydrogens is 304 g/mol. The first-order chi connectivity index (χ1) is 10.5. The average molecular weight is 318 g/mol. The van der Waals surface area contributed by atoms with Crippen LogP contribution in [0.15, 0.2) is 36.4 Å². The number of hydrogen-bond donors (Lipinski definition) is 0. The number of benzene rings is 2. The van der Waals surface area contributed by atoms with Crippen molar-refractivity contribution in [2.45, 2.75) is 0 Å². The van der Waals surface area contributed by atoms with E-state index in [4.69, 9.17) is 12.2 Å². The van der Waals surface area contributed by atoms with Crippen LogP contribution in [0.4, 0.5) is 5.69 Å². The number of esters is 1. The lowest BCUT2D eigenvalue weighted by molar-refractivity contribution is -0.383. The molecule has 0 spiro atoms. The van der Waals surface area contributed by atoms with Crippen LogP contribution < -0.4 is 0 Å². The second kappa shape index (κ2) is 6.48. The van der Waals surface area contributed by atoms with Crippen LogP contribution >= 0.6 is 12.2 Å². The first-order valence-corrected chi connectivity index (χ1v) is 6.85. The average Bonchev–Trinajstić information content (AvgIpc) is 2.52. The van der Waals surface area contributed by atoms with Crippen molar-refractivity contribution in [3.05, 3.63) is 52.1 Å². The van der Waals surface area contributed by atoms with E-state index in [1.54, 1.807) is 42.3 Å². The number of carbonyl (C=O) groups excluding carboxylic acids is 1. The minimum atomic E-state index is -0.423. The summed E-state index contributed by atoms with van der Waals surface area (Å²) >= 11 is 5.39. The number of fused-ring (bicyclic) bond motifs is 1. The van der Waals surface area contributed by atoms with Gasteiger partial charge in [-0.2, -0.15) is 0 Å². The number of hydrogen-bond acceptors (Lipinski definition) is 5. The van der Waals surface area contributed by atoms with Gasteiger partial charge in [0.05, 0.1) is 17.4 Å². The van der Waals surface area contributed by atoms with Crippen LogP contribution in [0.25, 0.3) is 10.8 Å². The first-order valence-electron chi connectivity index (χ1n) is 6.44. The summed E-state index contributed by atoms with van der Waals surface area (Å²) in [6.45, 7) is 0.0145. The first kappa shape index (κ1) is 15.8. The highest BCUT2D eigenvalue weighted by atomic mass is 32.1. The number of ether oxygens (including phenoxy) is 1. The summed E-state index contributed by atoms with van der Waals surface area (Å²) in [5, 5.41) is 12.3. The Labute approximate surface area is 132 Å². The standard InChI is InChI=1S/C15H14N2O4S/c1-16(9-14(18)21-2)15(22)12-7-3-6-11-10(12)5-4-8-13(11)17(19)20/h3-8H,9H2,1-2H3. The third-order valence-electron chi connectivity index (χ3n) is 3.27. The molecule has 7 heteroatoms. The number of non-ortho nitro benzene ring substituents is 1. The van der Waals surface area contributed by atoms with Crippen molar-refractivity contribution in [3.8, 4) is 0 Å². The molecule has 2 aromatic rings. The molecule has 2 rings (SSSR count). The molecule has 0 saturated carbocycles. The predicted molar refractivity (Wildman–Crippen MR) is 86.9 cm³/mol. The molecule has 6 nitrogen and oxygen atoms in total. The van der Waals surface area contributed by atoms with Crippen LogP contribution in [0.5, 0.6) is 0 Å². The summed E-state index contributed by atoms with van der Waals surface area (Å²) < 4.78 is 4.62. The van der Waals surface area contributed by atoms with Crippen LogP contribution in [0, 0.1) is 10.1 Å². The van der Waals surface area contributed by atoms with Crippen molar-refractivity contribution in [1.82, 2.24) is 4.90 Å². The summed E-state index contributed by atoms with van der Waals surface area (Å²) in [6, 6.07) is 10.0. The number of nitrogens with zero attached hydrogens (tertiary/aromatic N) is 2. The van der Waals surface area contributed by atoms with Crippen molar-refractivity contribution in [3.63, 3.8) is 0 Å². The summed E-state index contributed by atoms with van der Waals surface area (Å²) in [5.41, 5.74) is 0.695. The van der Waals surface area contributed by atoms with E-state index in [1.165, 1.54) is 13.2 Å². The van der Waals surface area contributed by atoms with E-state index in [0.717, 1.165) is 0 Å². The largest absolute Gasteiger partial charge is 0.468 e. The van der Waals surface area contributed by atoms with Crippen molar-refractivity contribution < 1.29 is 14.5 Å². The Bertz CT molecular complexity index is 760. The van der Waals surface area contributed by atoms with E-state index in [2.05, 4.69) is 4.74 Å². The van der Waals surface area contributed by atoms with Gasteiger partial charge >= 0.3 is 5.97 Å². The minimum absolute atomic E-state index is 0.0145. The number of likely N-dealkylation sites (N-methyl/N-ethyl adjacent to an activating group) is 1. The van der Waals surface area contributed by atoms with Gasteiger partial charge in [-0.3, -0.25) is 14.9 Å². The molecule has 0 bridgehead atoms. The summed E-state index contributed by atoms with van der Waals surface area (Å²) in [7, 11) is 2.98. The zero-order valence-electron chi connectivity index (χ0n) is 12.1. The normalized spacial score (nSPS) is 10.3. The Hall–Kier alpha value is -2.54. The van der Waals surface area contributed by atoms with E-state index < -0.39 is 10.9 Å². The highest BCUT2D eigenvalue weighted by molar-refractivity contribution is 7.80. The molecule has 0 heterocycles. The maximum absolute atomic E-state index is 11.4.